The van der Waals surface area contributed by atoms with E-state index in [1.807, 2.05) is 0 Å². The first kappa shape index (κ1) is 14.9. The third-order valence-corrected chi connectivity index (χ3v) is 3.85. The summed E-state index contributed by atoms with van der Waals surface area (Å²) in [6.07, 6.45) is 1.35. The molecule has 0 saturated carbocycles. The molecule has 5 heteroatoms. The summed E-state index contributed by atoms with van der Waals surface area (Å²) >= 11 is 0. The number of hydrogen-bond acceptors (Lipinski definition) is 3. The van der Waals surface area contributed by atoms with E-state index in [0.717, 1.165) is 5.56 Å². The molecular formula is C15H20FNO3. The zero-order valence-corrected chi connectivity index (χ0v) is 11.6. The number of carbonyl (C=O) groups is 1. The summed E-state index contributed by atoms with van der Waals surface area (Å²) in [7, 11) is 0. The molecule has 1 aliphatic rings. The van der Waals surface area contributed by atoms with E-state index in [1.54, 1.807) is 17.9 Å². The van der Waals surface area contributed by atoms with Gasteiger partial charge in [-0.3, -0.25) is 4.79 Å². The molecule has 1 unspecified atom stereocenters. The lowest BCUT2D eigenvalue weighted by Gasteiger charge is -2.24. The van der Waals surface area contributed by atoms with Crippen molar-refractivity contribution in [1.82, 2.24) is 4.90 Å². The highest BCUT2D eigenvalue weighted by molar-refractivity contribution is 5.94. The maximum Gasteiger partial charge on any atom is 0.256 e. The summed E-state index contributed by atoms with van der Waals surface area (Å²) in [5.74, 6) is -0.874. The molecule has 0 radical (unpaired) electrons. The molecule has 1 aromatic rings. The van der Waals surface area contributed by atoms with Crippen LogP contribution in [0.15, 0.2) is 18.2 Å². The summed E-state index contributed by atoms with van der Waals surface area (Å²) in [6, 6.07) is 4.55. The van der Waals surface area contributed by atoms with Crippen molar-refractivity contribution in [2.75, 3.05) is 19.7 Å². The summed E-state index contributed by atoms with van der Waals surface area (Å²) < 4.78 is 13.8. The first-order valence-corrected chi connectivity index (χ1v) is 6.84. The Bertz CT molecular complexity index is 506. The van der Waals surface area contributed by atoms with Crippen LogP contribution in [-0.2, 0) is 0 Å². The lowest BCUT2D eigenvalue weighted by molar-refractivity contribution is -0.0250. The van der Waals surface area contributed by atoms with Crippen LogP contribution in [0.5, 0.6) is 0 Å². The molecule has 20 heavy (non-hydrogen) atoms. The van der Waals surface area contributed by atoms with Crippen LogP contribution >= 0.6 is 0 Å². The Labute approximate surface area is 117 Å². The fourth-order valence-corrected chi connectivity index (χ4v) is 2.50. The van der Waals surface area contributed by atoms with Crippen LogP contribution in [0.4, 0.5) is 4.39 Å². The predicted octanol–water partition coefficient (Wildman–Crippen LogP) is 1.48. The average molecular weight is 281 g/mol. The highest BCUT2D eigenvalue weighted by atomic mass is 19.1. The SMILES string of the molecule is Cc1ccc(C(=O)N2CCCC(O)(CO)CC2)c(F)c1. The van der Waals surface area contributed by atoms with E-state index in [-0.39, 0.29) is 18.1 Å². The molecule has 4 nitrogen and oxygen atoms in total. The standard InChI is InChI=1S/C15H20FNO3/c1-11-3-4-12(13(16)9-11)14(19)17-7-2-5-15(20,10-18)6-8-17/h3-4,9,18,20H,2,5-8,10H2,1H3. The molecule has 1 saturated heterocycles. The van der Waals surface area contributed by atoms with Crippen molar-refractivity contribution in [3.05, 3.63) is 35.1 Å². The number of benzene rings is 1. The lowest BCUT2D eigenvalue weighted by atomic mass is 9.96. The van der Waals surface area contributed by atoms with E-state index >= 15 is 0 Å². The zero-order valence-electron chi connectivity index (χ0n) is 11.6. The van der Waals surface area contributed by atoms with Gasteiger partial charge >= 0.3 is 0 Å². The van der Waals surface area contributed by atoms with Gasteiger partial charge in [-0.2, -0.15) is 0 Å². The van der Waals surface area contributed by atoms with Gasteiger partial charge in [-0.1, -0.05) is 6.07 Å². The minimum atomic E-state index is -1.12. The number of rotatable bonds is 2. The number of hydrogen-bond donors (Lipinski definition) is 2. The highest BCUT2D eigenvalue weighted by Crippen LogP contribution is 2.23. The number of aliphatic hydroxyl groups is 2. The minimum Gasteiger partial charge on any atom is -0.393 e. The second kappa shape index (κ2) is 5.89. The topological polar surface area (TPSA) is 60.8 Å². The third-order valence-electron chi connectivity index (χ3n) is 3.85. The van der Waals surface area contributed by atoms with Crippen molar-refractivity contribution in [3.8, 4) is 0 Å². The number of carbonyl (C=O) groups excluding carboxylic acids is 1. The Morgan fingerprint density at radius 2 is 2.15 bits per heavy atom. The van der Waals surface area contributed by atoms with Gasteiger partial charge in [0.2, 0.25) is 0 Å². The Morgan fingerprint density at radius 3 is 2.80 bits per heavy atom. The van der Waals surface area contributed by atoms with Crippen molar-refractivity contribution < 1.29 is 19.4 Å². The van der Waals surface area contributed by atoms with Gasteiger partial charge in [0.05, 0.1) is 17.8 Å². The van der Waals surface area contributed by atoms with Gasteiger partial charge in [0.25, 0.3) is 5.91 Å². The van der Waals surface area contributed by atoms with Crippen LogP contribution in [0, 0.1) is 12.7 Å². The van der Waals surface area contributed by atoms with Crippen LogP contribution in [0.25, 0.3) is 0 Å². The first-order chi connectivity index (χ1) is 9.45. The molecule has 2 N–H and O–H groups in total. The first-order valence-electron chi connectivity index (χ1n) is 6.84. The molecule has 1 heterocycles. The number of amides is 1. The Kier molecular flexibility index (Phi) is 4.40. The predicted molar refractivity (Wildman–Crippen MR) is 72.9 cm³/mol. The van der Waals surface area contributed by atoms with Crippen molar-refractivity contribution in [1.29, 1.82) is 0 Å². The van der Waals surface area contributed by atoms with Gasteiger partial charge in [-0.15, -0.1) is 0 Å². The van der Waals surface area contributed by atoms with Crippen molar-refractivity contribution in [3.63, 3.8) is 0 Å². The van der Waals surface area contributed by atoms with E-state index in [0.29, 0.717) is 32.4 Å². The molecule has 1 fully saturated rings. The smallest absolute Gasteiger partial charge is 0.256 e. The van der Waals surface area contributed by atoms with E-state index in [1.165, 1.54) is 12.1 Å². The van der Waals surface area contributed by atoms with Crippen LogP contribution in [0.2, 0.25) is 0 Å². The Balaban J connectivity index is 2.13. The molecule has 2 rings (SSSR count). The number of halogens is 1. The van der Waals surface area contributed by atoms with Gasteiger partial charge in [0.1, 0.15) is 5.82 Å². The van der Waals surface area contributed by atoms with Crippen LogP contribution in [0.3, 0.4) is 0 Å². The zero-order chi connectivity index (χ0) is 14.8. The normalized spacial score (nSPS) is 23.5. The van der Waals surface area contributed by atoms with E-state index < -0.39 is 11.4 Å². The third kappa shape index (κ3) is 3.16. The number of nitrogens with zero attached hydrogens (tertiary/aromatic N) is 1. The molecule has 1 aromatic carbocycles. The maximum atomic E-state index is 13.8. The van der Waals surface area contributed by atoms with Gasteiger partial charge in [-0.05, 0) is 43.9 Å². The molecule has 0 aliphatic carbocycles. The number of aliphatic hydroxyl groups excluding tert-OH is 1. The fraction of sp³-hybridized carbons (Fsp3) is 0.533. The molecule has 1 aliphatic heterocycles. The van der Waals surface area contributed by atoms with E-state index in [9.17, 15) is 19.4 Å². The second-order valence-corrected chi connectivity index (χ2v) is 5.51. The molecular weight excluding hydrogens is 261 g/mol. The van der Waals surface area contributed by atoms with Crippen molar-refractivity contribution in [2.24, 2.45) is 0 Å². The largest absolute Gasteiger partial charge is 0.393 e. The molecule has 0 bridgehead atoms. The van der Waals surface area contributed by atoms with Crippen LogP contribution in [0.1, 0.15) is 35.2 Å². The monoisotopic (exact) mass is 281 g/mol. The van der Waals surface area contributed by atoms with Gasteiger partial charge in [0, 0.05) is 13.1 Å². The van der Waals surface area contributed by atoms with Crippen molar-refractivity contribution >= 4 is 5.91 Å². The highest BCUT2D eigenvalue weighted by Gasteiger charge is 2.31. The Hall–Kier alpha value is -1.46. The molecule has 1 atom stereocenters. The van der Waals surface area contributed by atoms with E-state index in [2.05, 4.69) is 0 Å². The maximum absolute atomic E-state index is 13.8. The second-order valence-electron chi connectivity index (χ2n) is 5.51. The van der Waals surface area contributed by atoms with Gasteiger partial charge < -0.3 is 15.1 Å². The van der Waals surface area contributed by atoms with Crippen LogP contribution < -0.4 is 0 Å². The van der Waals surface area contributed by atoms with Gasteiger partial charge in [0.15, 0.2) is 0 Å². The number of aryl methyl sites for hydroxylation is 1. The fourth-order valence-electron chi connectivity index (χ4n) is 2.50. The minimum absolute atomic E-state index is 0.0602. The van der Waals surface area contributed by atoms with E-state index in [4.69, 9.17) is 0 Å². The molecule has 0 aromatic heterocycles. The van der Waals surface area contributed by atoms with Crippen molar-refractivity contribution in [2.45, 2.75) is 31.8 Å². The molecule has 1 amide bonds. The summed E-state index contributed by atoms with van der Waals surface area (Å²) in [5, 5.41) is 19.2. The lowest BCUT2D eigenvalue weighted by Crippen LogP contribution is -2.36. The summed E-state index contributed by atoms with van der Waals surface area (Å²) in [6.45, 7) is 2.25. The summed E-state index contributed by atoms with van der Waals surface area (Å²) in [5.41, 5.74) is -0.296. The Morgan fingerprint density at radius 1 is 1.40 bits per heavy atom. The number of likely N-dealkylation sites (tertiary alicyclic amines) is 1. The van der Waals surface area contributed by atoms with Gasteiger partial charge in [-0.25, -0.2) is 4.39 Å². The molecule has 0 spiro atoms. The van der Waals surface area contributed by atoms with Crippen LogP contribution in [-0.4, -0.2) is 46.3 Å². The molecule has 110 valence electrons. The summed E-state index contributed by atoms with van der Waals surface area (Å²) in [4.78, 5) is 13.9. The average Bonchev–Trinajstić information content (AvgIpc) is 2.61. The quantitative estimate of drug-likeness (QED) is 0.863.